The van der Waals surface area contributed by atoms with Gasteiger partial charge in [0.25, 0.3) is 0 Å². The van der Waals surface area contributed by atoms with E-state index in [1.54, 1.807) is 12.4 Å². The van der Waals surface area contributed by atoms with E-state index in [1.165, 1.54) is 12.8 Å². The van der Waals surface area contributed by atoms with E-state index >= 15 is 0 Å². The normalized spacial score (nSPS) is 18.1. The standard InChI is InChI=1S/C10H15N3O/c1-2-14-9(7-3-4-7)10-12-5-8(11)6-13-10/h5-7,9H,2-4,11H2,1H3. The molecule has 1 unspecified atom stereocenters. The summed E-state index contributed by atoms with van der Waals surface area (Å²) in [5.41, 5.74) is 6.12. The van der Waals surface area contributed by atoms with E-state index in [9.17, 15) is 0 Å². The van der Waals surface area contributed by atoms with Crippen molar-refractivity contribution in [2.24, 2.45) is 5.92 Å². The fourth-order valence-electron chi connectivity index (χ4n) is 1.49. The molecule has 1 atom stereocenters. The zero-order chi connectivity index (χ0) is 9.97. The predicted octanol–water partition coefficient (Wildman–Crippen LogP) is 1.55. The molecule has 4 nitrogen and oxygen atoms in total. The van der Waals surface area contributed by atoms with E-state index < -0.39 is 0 Å². The zero-order valence-electron chi connectivity index (χ0n) is 8.31. The van der Waals surface area contributed by atoms with Crippen molar-refractivity contribution in [2.75, 3.05) is 12.3 Å². The van der Waals surface area contributed by atoms with Crippen molar-refractivity contribution in [1.29, 1.82) is 0 Å². The molecule has 0 saturated heterocycles. The molecule has 1 aliphatic rings. The van der Waals surface area contributed by atoms with E-state index in [0.717, 1.165) is 5.82 Å². The van der Waals surface area contributed by atoms with E-state index in [0.29, 0.717) is 18.2 Å². The SMILES string of the molecule is CCOC(c1ncc(N)cn1)C1CC1. The number of anilines is 1. The van der Waals surface area contributed by atoms with E-state index in [4.69, 9.17) is 10.5 Å². The number of ether oxygens (including phenoxy) is 1. The summed E-state index contributed by atoms with van der Waals surface area (Å²) >= 11 is 0. The zero-order valence-corrected chi connectivity index (χ0v) is 8.31. The Labute approximate surface area is 83.5 Å². The Kier molecular flexibility index (Phi) is 2.63. The van der Waals surface area contributed by atoms with Crippen molar-refractivity contribution in [1.82, 2.24) is 9.97 Å². The smallest absolute Gasteiger partial charge is 0.157 e. The van der Waals surface area contributed by atoms with Crippen LogP contribution in [0.4, 0.5) is 5.69 Å². The van der Waals surface area contributed by atoms with Crippen LogP contribution in [0.15, 0.2) is 12.4 Å². The van der Waals surface area contributed by atoms with Gasteiger partial charge in [0.2, 0.25) is 0 Å². The van der Waals surface area contributed by atoms with Crippen molar-refractivity contribution in [3.8, 4) is 0 Å². The summed E-state index contributed by atoms with van der Waals surface area (Å²) in [5.74, 6) is 1.38. The van der Waals surface area contributed by atoms with Crippen molar-refractivity contribution >= 4 is 5.69 Å². The van der Waals surface area contributed by atoms with Crippen LogP contribution in [0.25, 0.3) is 0 Å². The fourth-order valence-corrected chi connectivity index (χ4v) is 1.49. The minimum Gasteiger partial charge on any atom is -0.396 e. The highest BCUT2D eigenvalue weighted by atomic mass is 16.5. The summed E-state index contributed by atoms with van der Waals surface area (Å²) in [6.07, 6.45) is 5.78. The first kappa shape index (κ1) is 9.40. The lowest BCUT2D eigenvalue weighted by atomic mass is 10.2. The van der Waals surface area contributed by atoms with Gasteiger partial charge in [0.05, 0.1) is 18.1 Å². The Bertz CT molecular complexity index is 295. The fraction of sp³-hybridized carbons (Fsp3) is 0.600. The summed E-state index contributed by atoms with van der Waals surface area (Å²) in [4.78, 5) is 8.39. The molecule has 0 radical (unpaired) electrons. The van der Waals surface area contributed by atoms with Crippen molar-refractivity contribution < 1.29 is 4.74 Å². The molecule has 1 aromatic heterocycles. The first-order valence-corrected chi connectivity index (χ1v) is 5.00. The Morgan fingerprint density at radius 3 is 2.64 bits per heavy atom. The van der Waals surface area contributed by atoms with Gasteiger partial charge in [0.15, 0.2) is 5.82 Å². The molecule has 1 saturated carbocycles. The maximum atomic E-state index is 5.63. The summed E-state index contributed by atoms with van der Waals surface area (Å²) in [5, 5.41) is 0. The van der Waals surface area contributed by atoms with Gasteiger partial charge in [0, 0.05) is 6.61 Å². The van der Waals surface area contributed by atoms with Gasteiger partial charge in [-0.2, -0.15) is 0 Å². The summed E-state index contributed by atoms with van der Waals surface area (Å²) < 4.78 is 5.63. The third kappa shape index (κ3) is 2.01. The molecule has 0 aromatic carbocycles. The second kappa shape index (κ2) is 3.92. The van der Waals surface area contributed by atoms with Crippen LogP contribution in [0.1, 0.15) is 31.7 Å². The number of rotatable bonds is 4. The molecule has 14 heavy (non-hydrogen) atoms. The molecule has 1 fully saturated rings. The lowest BCUT2D eigenvalue weighted by Gasteiger charge is -2.14. The number of nitrogens with zero attached hydrogens (tertiary/aromatic N) is 2. The monoisotopic (exact) mass is 193 g/mol. The number of nitrogens with two attached hydrogens (primary N) is 1. The minimum absolute atomic E-state index is 0.0700. The molecule has 1 aliphatic carbocycles. The molecule has 2 rings (SSSR count). The molecule has 0 aliphatic heterocycles. The Morgan fingerprint density at radius 1 is 1.50 bits per heavy atom. The molecule has 0 bridgehead atoms. The highest BCUT2D eigenvalue weighted by molar-refractivity contribution is 5.30. The van der Waals surface area contributed by atoms with Crippen molar-refractivity contribution in [3.05, 3.63) is 18.2 Å². The van der Waals surface area contributed by atoms with Crippen LogP contribution in [0.2, 0.25) is 0 Å². The quantitative estimate of drug-likeness (QED) is 0.788. The lowest BCUT2D eigenvalue weighted by Crippen LogP contribution is -2.10. The lowest BCUT2D eigenvalue weighted by molar-refractivity contribution is 0.0400. The highest BCUT2D eigenvalue weighted by Crippen LogP contribution is 2.42. The second-order valence-electron chi connectivity index (χ2n) is 3.59. The summed E-state index contributed by atoms with van der Waals surface area (Å²) in [6, 6.07) is 0. The Morgan fingerprint density at radius 2 is 2.14 bits per heavy atom. The van der Waals surface area contributed by atoms with Crippen LogP contribution in [0.5, 0.6) is 0 Å². The maximum Gasteiger partial charge on any atom is 0.157 e. The number of aromatic nitrogens is 2. The molecular weight excluding hydrogens is 178 g/mol. The van der Waals surface area contributed by atoms with Gasteiger partial charge < -0.3 is 10.5 Å². The van der Waals surface area contributed by atoms with Gasteiger partial charge in [-0.25, -0.2) is 9.97 Å². The van der Waals surface area contributed by atoms with Gasteiger partial charge in [-0.05, 0) is 25.7 Å². The highest BCUT2D eigenvalue weighted by Gasteiger charge is 2.34. The van der Waals surface area contributed by atoms with Gasteiger partial charge >= 0.3 is 0 Å². The molecule has 76 valence electrons. The van der Waals surface area contributed by atoms with Crippen LogP contribution in [0.3, 0.4) is 0 Å². The van der Waals surface area contributed by atoms with E-state index in [-0.39, 0.29) is 6.10 Å². The van der Waals surface area contributed by atoms with Crippen LogP contribution in [-0.2, 0) is 4.74 Å². The van der Waals surface area contributed by atoms with Crippen molar-refractivity contribution in [3.63, 3.8) is 0 Å². The van der Waals surface area contributed by atoms with Gasteiger partial charge in [-0.3, -0.25) is 0 Å². The molecule has 4 heteroatoms. The summed E-state index contributed by atoms with van der Waals surface area (Å²) in [6.45, 7) is 2.70. The minimum atomic E-state index is 0.0700. The molecule has 1 aromatic rings. The van der Waals surface area contributed by atoms with Gasteiger partial charge in [0.1, 0.15) is 6.10 Å². The largest absolute Gasteiger partial charge is 0.396 e. The average molecular weight is 193 g/mol. The summed E-state index contributed by atoms with van der Waals surface area (Å²) in [7, 11) is 0. The molecule has 0 spiro atoms. The average Bonchev–Trinajstić information content (AvgIpc) is 2.99. The van der Waals surface area contributed by atoms with Crippen LogP contribution in [0, 0.1) is 5.92 Å². The van der Waals surface area contributed by atoms with Gasteiger partial charge in [-0.1, -0.05) is 0 Å². The first-order valence-electron chi connectivity index (χ1n) is 5.00. The molecule has 2 N–H and O–H groups in total. The predicted molar refractivity (Wildman–Crippen MR) is 53.5 cm³/mol. The van der Waals surface area contributed by atoms with Crippen molar-refractivity contribution in [2.45, 2.75) is 25.9 Å². The number of hydrogen-bond acceptors (Lipinski definition) is 4. The third-order valence-corrected chi connectivity index (χ3v) is 2.34. The molecule has 0 amide bonds. The maximum absolute atomic E-state index is 5.63. The topological polar surface area (TPSA) is 61.0 Å². The Balaban J connectivity index is 2.13. The first-order chi connectivity index (χ1) is 6.81. The second-order valence-corrected chi connectivity index (χ2v) is 3.59. The molecule has 1 heterocycles. The van der Waals surface area contributed by atoms with Crippen LogP contribution in [-0.4, -0.2) is 16.6 Å². The number of nitrogen functional groups attached to an aromatic ring is 1. The third-order valence-electron chi connectivity index (χ3n) is 2.34. The Hall–Kier alpha value is -1.16. The van der Waals surface area contributed by atoms with Gasteiger partial charge in [-0.15, -0.1) is 0 Å². The van der Waals surface area contributed by atoms with Crippen LogP contribution >= 0.6 is 0 Å². The van der Waals surface area contributed by atoms with Crippen LogP contribution < -0.4 is 5.73 Å². The number of hydrogen-bond donors (Lipinski definition) is 1. The van der Waals surface area contributed by atoms with E-state index in [1.807, 2.05) is 6.92 Å². The van der Waals surface area contributed by atoms with E-state index in [2.05, 4.69) is 9.97 Å². The molecular formula is C10H15N3O.